The van der Waals surface area contributed by atoms with Crippen LogP contribution >= 0.6 is 0 Å². The minimum absolute atomic E-state index is 0.877. The van der Waals surface area contributed by atoms with Crippen LogP contribution in [0.5, 0.6) is 0 Å². The van der Waals surface area contributed by atoms with Crippen molar-refractivity contribution in [2.24, 2.45) is 0 Å². The second kappa shape index (κ2) is 10.3. The first-order valence-corrected chi connectivity index (χ1v) is 14.5. The van der Waals surface area contributed by atoms with Crippen LogP contribution in [-0.4, -0.2) is 15.0 Å². The molecule has 0 aliphatic rings. The summed E-state index contributed by atoms with van der Waals surface area (Å²) < 4.78 is 0. The second-order valence-corrected chi connectivity index (χ2v) is 10.8. The molecule has 0 atom stereocenters. The van der Waals surface area contributed by atoms with Gasteiger partial charge in [0.25, 0.3) is 0 Å². The average molecular weight is 553 g/mol. The lowest BCUT2D eigenvalue weighted by molar-refractivity contribution is 1.26. The molecule has 0 fully saturated rings. The smallest absolute Gasteiger partial charge is 0.0973 e. The van der Waals surface area contributed by atoms with E-state index in [-0.39, 0.29) is 0 Å². The molecule has 0 saturated heterocycles. The first-order chi connectivity index (χ1) is 21.2. The van der Waals surface area contributed by atoms with Crippen molar-refractivity contribution >= 4 is 49.9 Å². The topological polar surface area (TPSA) is 44.8 Å². The van der Waals surface area contributed by atoms with Crippen LogP contribution in [0.2, 0.25) is 0 Å². The van der Waals surface area contributed by atoms with Crippen molar-refractivity contribution in [1.29, 1.82) is 0 Å². The van der Waals surface area contributed by atoms with E-state index in [0.29, 0.717) is 0 Å². The van der Waals surface area contributed by atoms with E-state index in [4.69, 9.17) is 9.97 Å². The molecule has 8 aromatic rings. The number of H-pyrrole nitrogens is 1. The number of anilines is 3. The third-order valence-corrected chi connectivity index (χ3v) is 8.11. The van der Waals surface area contributed by atoms with Gasteiger partial charge in [0.15, 0.2) is 0 Å². The van der Waals surface area contributed by atoms with Gasteiger partial charge >= 0.3 is 0 Å². The van der Waals surface area contributed by atoms with Crippen LogP contribution in [-0.2, 0) is 0 Å². The zero-order valence-corrected chi connectivity index (χ0v) is 23.7. The van der Waals surface area contributed by atoms with Crippen molar-refractivity contribution in [3.8, 4) is 22.5 Å². The van der Waals surface area contributed by atoms with Gasteiger partial charge in [0, 0.05) is 50.0 Å². The van der Waals surface area contributed by atoms with Crippen molar-refractivity contribution in [2.75, 3.05) is 4.90 Å². The van der Waals surface area contributed by atoms with Gasteiger partial charge in [-0.1, -0.05) is 91.0 Å². The van der Waals surface area contributed by atoms with Crippen molar-refractivity contribution in [1.82, 2.24) is 15.0 Å². The number of hydrogen-bond acceptors (Lipinski definition) is 3. The molecule has 1 N–H and O–H groups in total. The lowest BCUT2D eigenvalue weighted by Gasteiger charge is -2.26. The van der Waals surface area contributed by atoms with Crippen LogP contribution in [0.15, 0.2) is 146 Å². The second-order valence-electron chi connectivity index (χ2n) is 10.8. The van der Waals surface area contributed by atoms with Crippen molar-refractivity contribution in [3.63, 3.8) is 0 Å². The first-order valence-electron chi connectivity index (χ1n) is 14.5. The predicted octanol–water partition coefficient (Wildman–Crippen LogP) is 10.4. The first kappa shape index (κ1) is 25.0. The molecule has 0 aliphatic carbocycles. The third-order valence-electron chi connectivity index (χ3n) is 8.11. The van der Waals surface area contributed by atoms with Gasteiger partial charge < -0.3 is 9.88 Å². The number of nitrogens with one attached hydrogen (secondary N) is 1. The van der Waals surface area contributed by atoms with Crippen LogP contribution in [0.25, 0.3) is 55.4 Å². The highest BCUT2D eigenvalue weighted by Crippen LogP contribution is 2.39. The number of fused-ring (bicyclic) bond motifs is 4. The van der Waals surface area contributed by atoms with Gasteiger partial charge in [-0.3, -0.25) is 0 Å². The number of aromatic nitrogens is 3. The van der Waals surface area contributed by atoms with E-state index in [1.165, 1.54) is 10.8 Å². The zero-order valence-electron chi connectivity index (χ0n) is 23.7. The van der Waals surface area contributed by atoms with Gasteiger partial charge in [0.05, 0.1) is 22.4 Å². The monoisotopic (exact) mass is 552 g/mol. The van der Waals surface area contributed by atoms with Crippen LogP contribution in [0.3, 0.4) is 0 Å². The SMILES string of the molecule is Cc1cccc2nc(-c3ccc(N(c4ccccc4)c4ccc5[nH]c6ccccc6c5c4)cc3)c(-c3ccccc3)nc12. The fourth-order valence-corrected chi connectivity index (χ4v) is 5.98. The average Bonchev–Trinajstić information content (AvgIpc) is 3.44. The minimum Gasteiger partial charge on any atom is -0.355 e. The molecule has 2 aromatic heterocycles. The van der Waals surface area contributed by atoms with Crippen molar-refractivity contribution in [3.05, 3.63) is 151 Å². The molecule has 0 saturated carbocycles. The Morgan fingerprint density at radius 2 is 1.12 bits per heavy atom. The summed E-state index contributed by atoms with van der Waals surface area (Å²) in [7, 11) is 0. The number of aryl methyl sites for hydroxylation is 1. The van der Waals surface area contributed by atoms with E-state index in [1.54, 1.807) is 0 Å². The van der Waals surface area contributed by atoms with Crippen LogP contribution in [0.1, 0.15) is 5.56 Å². The normalized spacial score (nSPS) is 11.4. The van der Waals surface area contributed by atoms with Gasteiger partial charge in [-0.2, -0.15) is 0 Å². The van der Waals surface area contributed by atoms with Gasteiger partial charge in [0.1, 0.15) is 0 Å². The largest absolute Gasteiger partial charge is 0.355 e. The molecule has 43 heavy (non-hydrogen) atoms. The maximum atomic E-state index is 5.15. The molecule has 0 aliphatic heterocycles. The molecule has 6 aromatic carbocycles. The zero-order chi connectivity index (χ0) is 28.8. The summed E-state index contributed by atoms with van der Waals surface area (Å²) in [5.74, 6) is 0. The van der Waals surface area contributed by atoms with E-state index in [9.17, 15) is 0 Å². The highest BCUT2D eigenvalue weighted by atomic mass is 15.1. The summed E-state index contributed by atoms with van der Waals surface area (Å²) in [5.41, 5.74) is 12.3. The summed E-state index contributed by atoms with van der Waals surface area (Å²) in [5, 5.41) is 2.43. The fourth-order valence-electron chi connectivity index (χ4n) is 5.98. The summed E-state index contributed by atoms with van der Waals surface area (Å²) in [4.78, 5) is 16.2. The molecular formula is C39H28N4. The molecule has 2 heterocycles. The van der Waals surface area contributed by atoms with E-state index in [2.05, 4.69) is 132 Å². The Morgan fingerprint density at radius 3 is 1.93 bits per heavy atom. The Labute approximate surface area is 249 Å². The number of aromatic amines is 1. The van der Waals surface area contributed by atoms with E-state index >= 15 is 0 Å². The van der Waals surface area contributed by atoms with E-state index in [1.807, 2.05) is 30.3 Å². The molecule has 0 radical (unpaired) electrons. The number of benzene rings is 6. The quantitative estimate of drug-likeness (QED) is 0.231. The van der Waals surface area contributed by atoms with Crippen LogP contribution in [0.4, 0.5) is 17.1 Å². The van der Waals surface area contributed by atoms with Gasteiger partial charge in [-0.15, -0.1) is 0 Å². The number of nitrogens with zero attached hydrogens (tertiary/aromatic N) is 3. The Balaban J connectivity index is 1.27. The van der Waals surface area contributed by atoms with Crippen LogP contribution in [0, 0.1) is 6.92 Å². The molecule has 8 rings (SSSR count). The molecule has 0 amide bonds. The Kier molecular flexibility index (Phi) is 5.97. The molecule has 4 nitrogen and oxygen atoms in total. The van der Waals surface area contributed by atoms with Crippen LogP contribution < -0.4 is 4.90 Å². The maximum Gasteiger partial charge on any atom is 0.0973 e. The highest BCUT2D eigenvalue weighted by Gasteiger charge is 2.17. The molecule has 4 heteroatoms. The van der Waals surface area contributed by atoms with Gasteiger partial charge in [-0.25, -0.2) is 9.97 Å². The lowest BCUT2D eigenvalue weighted by atomic mass is 10.0. The molecule has 204 valence electrons. The standard InChI is InChI=1S/C39H28N4/c1-26-11-10-18-36-37(26)42-39(27-12-4-2-5-13-27)38(41-36)28-19-21-30(22-20-28)43(29-14-6-3-7-15-29)31-23-24-35-33(25-31)32-16-8-9-17-34(32)40-35/h2-25,40H,1H3. The number of para-hydroxylation sites is 3. The molecule has 0 bridgehead atoms. The van der Waals surface area contributed by atoms with E-state index < -0.39 is 0 Å². The minimum atomic E-state index is 0.877. The summed E-state index contributed by atoms with van der Waals surface area (Å²) in [6, 6.07) is 50.8. The lowest BCUT2D eigenvalue weighted by Crippen LogP contribution is -2.09. The third kappa shape index (κ3) is 4.41. The molecule has 0 unspecified atom stereocenters. The van der Waals surface area contributed by atoms with Gasteiger partial charge in [-0.05, 0) is 67.1 Å². The summed E-state index contributed by atoms with van der Waals surface area (Å²) >= 11 is 0. The maximum absolute atomic E-state index is 5.15. The number of rotatable bonds is 5. The van der Waals surface area contributed by atoms with Crippen molar-refractivity contribution in [2.45, 2.75) is 6.92 Å². The van der Waals surface area contributed by atoms with E-state index in [0.717, 1.165) is 67.2 Å². The molecule has 0 spiro atoms. The Hall–Kier alpha value is -5.74. The number of hydrogen-bond donors (Lipinski definition) is 1. The predicted molar refractivity (Wildman–Crippen MR) is 179 cm³/mol. The fraction of sp³-hybridized carbons (Fsp3) is 0.0256. The molecular weight excluding hydrogens is 524 g/mol. The summed E-state index contributed by atoms with van der Waals surface area (Å²) in [6.07, 6.45) is 0. The Bertz CT molecular complexity index is 2230. The summed E-state index contributed by atoms with van der Waals surface area (Å²) in [6.45, 7) is 2.09. The Morgan fingerprint density at radius 1 is 0.488 bits per heavy atom. The van der Waals surface area contributed by atoms with Gasteiger partial charge in [0.2, 0.25) is 0 Å². The highest BCUT2D eigenvalue weighted by molar-refractivity contribution is 6.08. The van der Waals surface area contributed by atoms with Crippen molar-refractivity contribution < 1.29 is 0 Å².